The molecule has 0 radical (unpaired) electrons. The van der Waals surface area contributed by atoms with Crippen LogP contribution in [0, 0.1) is 0 Å². The molecular formula is C24H25NO5S. The van der Waals surface area contributed by atoms with Crippen LogP contribution in [0.3, 0.4) is 0 Å². The van der Waals surface area contributed by atoms with Gasteiger partial charge in [0.15, 0.2) is 11.5 Å². The summed E-state index contributed by atoms with van der Waals surface area (Å²) in [6, 6.07) is 20.5. The molecule has 0 saturated carbocycles. The lowest BCUT2D eigenvalue weighted by atomic mass is 9.94. The maximum absolute atomic E-state index is 13.5. The fourth-order valence-electron chi connectivity index (χ4n) is 4.14. The Morgan fingerprint density at radius 2 is 1.68 bits per heavy atom. The third kappa shape index (κ3) is 4.04. The summed E-state index contributed by atoms with van der Waals surface area (Å²) in [6.45, 7) is 0.215. The maximum Gasteiger partial charge on any atom is 0.243 e. The number of hydrogen-bond acceptors (Lipinski definition) is 5. The number of methoxy groups -OCH3 is 1. The summed E-state index contributed by atoms with van der Waals surface area (Å²) in [4.78, 5) is 0.127. The van der Waals surface area contributed by atoms with Crippen LogP contribution in [0.2, 0.25) is 0 Å². The first-order chi connectivity index (χ1) is 14.9. The lowest BCUT2D eigenvalue weighted by Gasteiger charge is -2.39. The lowest BCUT2D eigenvalue weighted by Crippen LogP contribution is -2.49. The minimum atomic E-state index is -3.82. The Hall–Kier alpha value is -2.87. The van der Waals surface area contributed by atoms with Gasteiger partial charge in [0.05, 0.1) is 24.2 Å². The van der Waals surface area contributed by atoms with E-state index in [4.69, 9.17) is 4.74 Å². The van der Waals surface area contributed by atoms with Crippen molar-refractivity contribution in [3.63, 3.8) is 0 Å². The van der Waals surface area contributed by atoms with Gasteiger partial charge in [0.25, 0.3) is 0 Å². The van der Waals surface area contributed by atoms with Crippen LogP contribution in [0.4, 0.5) is 0 Å². The summed E-state index contributed by atoms with van der Waals surface area (Å²) < 4.78 is 33.6. The van der Waals surface area contributed by atoms with Crippen LogP contribution in [0.1, 0.15) is 22.8 Å². The van der Waals surface area contributed by atoms with Crippen LogP contribution in [0.5, 0.6) is 11.5 Å². The standard InChI is InChI=1S/C24H25NO5S/c1-30-21-12-7-10-18(23(21)26)16-20-24(27)19-11-5-6-13-22(19)31(28,29)25(20)15-14-17-8-3-2-4-9-17/h2-13,20,24,26-27H,14-16H2,1H3. The first-order valence-corrected chi connectivity index (χ1v) is 11.5. The average molecular weight is 440 g/mol. The number of fused-ring (bicyclic) bond motifs is 1. The molecule has 2 unspecified atom stereocenters. The van der Waals surface area contributed by atoms with Crippen LogP contribution in [-0.2, 0) is 22.9 Å². The van der Waals surface area contributed by atoms with Gasteiger partial charge in [-0.1, -0.05) is 60.7 Å². The van der Waals surface area contributed by atoms with Crippen molar-refractivity contribution in [2.24, 2.45) is 0 Å². The van der Waals surface area contributed by atoms with Gasteiger partial charge in [0, 0.05) is 12.1 Å². The minimum absolute atomic E-state index is 0.0449. The zero-order chi connectivity index (χ0) is 22.0. The summed E-state index contributed by atoms with van der Waals surface area (Å²) in [5, 5.41) is 21.7. The van der Waals surface area contributed by atoms with Crippen LogP contribution in [0.15, 0.2) is 77.7 Å². The van der Waals surface area contributed by atoms with Crippen molar-refractivity contribution >= 4 is 10.0 Å². The monoisotopic (exact) mass is 439 g/mol. The van der Waals surface area contributed by atoms with Crippen LogP contribution in [0.25, 0.3) is 0 Å². The third-order valence-electron chi connectivity index (χ3n) is 5.75. The van der Waals surface area contributed by atoms with Gasteiger partial charge in [-0.15, -0.1) is 0 Å². The van der Waals surface area contributed by atoms with Gasteiger partial charge in [0.1, 0.15) is 0 Å². The van der Waals surface area contributed by atoms with E-state index < -0.39 is 22.2 Å². The maximum atomic E-state index is 13.5. The summed E-state index contributed by atoms with van der Waals surface area (Å²) in [6.07, 6.45) is -0.372. The van der Waals surface area contributed by atoms with Crippen molar-refractivity contribution < 1.29 is 23.4 Å². The normalized spacial score (nSPS) is 20.2. The van der Waals surface area contributed by atoms with Gasteiger partial charge in [-0.05, 0) is 36.1 Å². The second kappa shape index (κ2) is 8.70. The first-order valence-electron chi connectivity index (χ1n) is 10.1. The van der Waals surface area contributed by atoms with Gasteiger partial charge in [-0.25, -0.2) is 8.42 Å². The molecule has 1 aliphatic heterocycles. The fourth-order valence-corrected chi connectivity index (χ4v) is 6.00. The largest absolute Gasteiger partial charge is 0.504 e. The van der Waals surface area contributed by atoms with E-state index in [9.17, 15) is 18.6 Å². The van der Waals surface area contributed by atoms with E-state index in [2.05, 4.69) is 0 Å². The molecule has 0 bridgehead atoms. The Balaban J connectivity index is 1.74. The molecule has 0 spiro atoms. The molecule has 1 heterocycles. The molecule has 6 nitrogen and oxygen atoms in total. The number of nitrogens with zero attached hydrogens (tertiary/aromatic N) is 1. The van der Waals surface area contributed by atoms with Crippen LogP contribution in [-0.4, -0.2) is 42.6 Å². The van der Waals surface area contributed by atoms with Crippen molar-refractivity contribution in [2.45, 2.75) is 29.9 Å². The van der Waals surface area contributed by atoms with E-state index in [1.54, 1.807) is 36.4 Å². The van der Waals surface area contributed by atoms with Crippen molar-refractivity contribution in [1.29, 1.82) is 0 Å². The molecule has 4 rings (SSSR count). The van der Waals surface area contributed by atoms with E-state index in [0.29, 0.717) is 23.3 Å². The van der Waals surface area contributed by atoms with Crippen molar-refractivity contribution in [2.75, 3.05) is 13.7 Å². The Bertz CT molecular complexity index is 1160. The molecule has 0 aliphatic carbocycles. The number of benzene rings is 3. The predicted octanol–water partition coefficient (Wildman–Crippen LogP) is 3.29. The number of aliphatic hydroxyl groups is 1. The summed E-state index contributed by atoms with van der Waals surface area (Å²) in [5.74, 6) is 0.262. The van der Waals surface area contributed by atoms with Crippen LogP contribution < -0.4 is 4.74 Å². The number of phenols is 1. The zero-order valence-electron chi connectivity index (χ0n) is 17.2. The number of hydrogen-bond donors (Lipinski definition) is 2. The highest BCUT2D eigenvalue weighted by Gasteiger charge is 2.43. The van der Waals surface area contributed by atoms with E-state index in [0.717, 1.165) is 5.56 Å². The number of aromatic hydroxyl groups is 1. The molecule has 0 saturated heterocycles. The Morgan fingerprint density at radius 1 is 0.968 bits per heavy atom. The topological polar surface area (TPSA) is 87.1 Å². The molecule has 0 aromatic heterocycles. The molecule has 2 atom stereocenters. The number of ether oxygens (including phenoxy) is 1. The second-order valence-corrected chi connectivity index (χ2v) is 9.43. The number of para-hydroxylation sites is 1. The van der Waals surface area contributed by atoms with Crippen molar-refractivity contribution in [1.82, 2.24) is 4.31 Å². The molecule has 1 aliphatic rings. The zero-order valence-corrected chi connectivity index (χ0v) is 18.0. The fraction of sp³-hybridized carbons (Fsp3) is 0.250. The average Bonchev–Trinajstić information content (AvgIpc) is 2.79. The van der Waals surface area contributed by atoms with Gasteiger partial charge >= 0.3 is 0 Å². The third-order valence-corrected chi connectivity index (χ3v) is 7.75. The summed E-state index contributed by atoms with van der Waals surface area (Å²) in [7, 11) is -2.36. The van der Waals surface area contributed by atoms with E-state index in [1.165, 1.54) is 17.5 Å². The second-order valence-electron chi connectivity index (χ2n) is 7.57. The molecule has 3 aromatic rings. The van der Waals surface area contributed by atoms with Crippen LogP contribution >= 0.6 is 0 Å². The summed E-state index contributed by atoms with van der Waals surface area (Å²) in [5.41, 5.74) is 1.91. The molecular weight excluding hydrogens is 414 g/mol. The SMILES string of the molecule is COc1cccc(CC2C(O)c3ccccc3S(=O)(=O)N2CCc2ccccc2)c1O. The van der Waals surface area contributed by atoms with E-state index in [1.807, 2.05) is 30.3 Å². The number of sulfonamides is 1. The first kappa shape index (κ1) is 21.4. The summed E-state index contributed by atoms with van der Waals surface area (Å²) >= 11 is 0. The highest BCUT2D eigenvalue weighted by molar-refractivity contribution is 7.89. The van der Waals surface area contributed by atoms with E-state index in [-0.39, 0.29) is 23.6 Å². The van der Waals surface area contributed by atoms with Gasteiger partial charge in [-0.2, -0.15) is 4.31 Å². The highest BCUT2D eigenvalue weighted by Crippen LogP contribution is 2.40. The predicted molar refractivity (Wildman–Crippen MR) is 118 cm³/mol. The Kier molecular flexibility index (Phi) is 6.00. The quantitative estimate of drug-likeness (QED) is 0.616. The minimum Gasteiger partial charge on any atom is -0.504 e. The Morgan fingerprint density at radius 3 is 2.42 bits per heavy atom. The molecule has 3 aromatic carbocycles. The molecule has 31 heavy (non-hydrogen) atoms. The molecule has 162 valence electrons. The molecule has 0 amide bonds. The van der Waals surface area contributed by atoms with Gasteiger partial charge in [0.2, 0.25) is 10.0 Å². The van der Waals surface area contributed by atoms with Crippen molar-refractivity contribution in [3.05, 3.63) is 89.5 Å². The molecule has 2 N–H and O–H groups in total. The number of rotatable bonds is 6. The van der Waals surface area contributed by atoms with Gasteiger partial charge in [-0.3, -0.25) is 0 Å². The smallest absolute Gasteiger partial charge is 0.243 e. The van der Waals surface area contributed by atoms with Gasteiger partial charge < -0.3 is 14.9 Å². The Labute approximate surface area is 182 Å². The number of aliphatic hydroxyl groups excluding tert-OH is 1. The molecule has 7 heteroatoms. The number of phenolic OH excluding ortho intramolecular Hbond substituents is 1. The molecule has 0 fully saturated rings. The lowest BCUT2D eigenvalue weighted by molar-refractivity contribution is 0.0797. The highest BCUT2D eigenvalue weighted by atomic mass is 32.2. The van der Waals surface area contributed by atoms with E-state index >= 15 is 0 Å². The van der Waals surface area contributed by atoms with Crippen molar-refractivity contribution in [3.8, 4) is 11.5 Å².